The molecular formula is C46H48N2O4. The quantitative estimate of drug-likeness (QED) is 0.125. The maximum Gasteiger partial charge on any atom is 0.132 e. The lowest BCUT2D eigenvalue weighted by Gasteiger charge is -2.32. The van der Waals surface area contributed by atoms with E-state index in [0.717, 1.165) is 103 Å². The monoisotopic (exact) mass is 692 g/mol. The molecule has 4 N–H and O–H groups in total. The van der Waals surface area contributed by atoms with Crippen molar-refractivity contribution in [2.24, 2.45) is 0 Å². The van der Waals surface area contributed by atoms with Crippen LogP contribution in [0.25, 0.3) is 66.9 Å². The first-order valence-electron chi connectivity index (χ1n) is 18.4. The van der Waals surface area contributed by atoms with E-state index in [1.807, 2.05) is 12.1 Å². The van der Waals surface area contributed by atoms with Crippen LogP contribution in [0, 0.1) is 13.8 Å². The van der Waals surface area contributed by atoms with Crippen molar-refractivity contribution >= 4 is 55.8 Å². The largest absolute Gasteiger partial charge is 0.507 e. The first-order chi connectivity index (χ1) is 24.7. The fraction of sp³-hybridized carbons (Fsp3) is 0.304. The average Bonchev–Trinajstić information content (AvgIpc) is 3.62. The first-order valence-corrected chi connectivity index (χ1v) is 18.4. The van der Waals surface area contributed by atoms with Crippen LogP contribution >= 0.6 is 0 Å². The molecule has 4 aromatic carbocycles. The normalized spacial score (nSPS) is 19.2. The Morgan fingerprint density at radius 3 is 1.75 bits per heavy atom. The molecule has 0 saturated heterocycles. The standard InChI is InChI=1S/C46H48N2O4/c1-25(2)11-9-17-45(7)19-15-30-40-34(22-28(6)43(30)51-45)32-23-35(38(50)24-36(32)47-40)39-37(49)14-13-29-33-21-27(5)44-31(41(33)48-42(29)39)16-20-46(8,52-44)18-10-12-26(3)4/h11-16,19-24,47-50H,9-10,17-18H2,1-8H3/t45-,46-/m1/s1. The van der Waals surface area contributed by atoms with Crippen molar-refractivity contribution in [2.45, 2.75) is 92.3 Å². The fourth-order valence-corrected chi connectivity index (χ4v) is 8.14. The number of H-pyrrole nitrogens is 2. The topological polar surface area (TPSA) is 90.5 Å². The molecule has 0 bridgehead atoms. The van der Waals surface area contributed by atoms with E-state index in [4.69, 9.17) is 9.47 Å². The number of hydrogen-bond donors (Lipinski definition) is 4. The third-order valence-electron chi connectivity index (χ3n) is 10.9. The maximum atomic E-state index is 11.6. The van der Waals surface area contributed by atoms with Gasteiger partial charge in [0.2, 0.25) is 0 Å². The van der Waals surface area contributed by atoms with E-state index in [9.17, 15) is 10.2 Å². The van der Waals surface area contributed by atoms with Crippen LogP contribution in [-0.2, 0) is 0 Å². The highest BCUT2D eigenvalue weighted by Crippen LogP contribution is 2.49. The number of nitrogens with one attached hydrogen (secondary N) is 2. The molecular weight excluding hydrogens is 645 g/mol. The predicted octanol–water partition coefficient (Wildman–Crippen LogP) is 12.5. The van der Waals surface area contributed by atoms with Gasteiger partial charge in [-0.05, 0) is 147 Å². The second kappa shape index (κ2) is 12.1. The highest BCUT2D eigenvalue weighted by atomic mass is 16.5. The summed E-state index contributed by atoms with van der Waals surface area (Å²) in [5.41, 5.74) is 10.5. The lowest BCUT2D eigenvalue weighted by Crippen LogP contribution is -2.32. The summed E-state index contributed by atoms with van der Waals surface area (Å²) in [7, 11) is 0. The van der Waals surface area contributed by atoms with Crippen LogP contribution in [0.5, 0.6) is 23.0 Å². The summed E-state index contributed by atoms with van der Waals surface area (Å²) in [4.78, 5) is 7.24. The summed E-state index contributed by atoms with van der Waals surface area (Å²) in [6, 6.07) is 11.8. The molecule has 52 heavy (non-hydrogen) atoms. The van der Waals surface area contributed by atoms with Crippen molar-refractivity contribution in [3.8, 4) is 34.1 Å². The summed E-state index contributed by atoms with van der Waals surface area (Å²) in [6.45, 7) is 17.0. The van der Waals surface area contributed by atoms with Crippen LogP contribution in [0.1, 0.15) is 89.5 Å². The molecule has 0 saturated carbocycles. The summed E-state index contributed by atoms with van der Waals surface area (Å²) in [5.74, 6) is 1.93. The van der Waals surface area contributed by atoms with Crippen LogP contribution in [0.3, 0.4) is 0 Å². The number of aromatic hydroxyl groups is 2. The van der Waals surface area contributed by atoms with Crippen molar-refractivity contribution in [1.29, 1.82) is 0 Å². The van der Waals surface area contributed by atoms with E-state index < -0.39 is 11.2 Å². The molecule has 0 aliphatic carbocycles. The van der Waals surface area contributed by atoms with Crippen LogP contribution in [0.4, 0.5) is 0 Å². The molecule has 6 nitrogen and oxygen atoms in total. The van der Waals surface area contributed by atoms with Crippen molar-refractivity contribution in [3.05, 3.63) is 94.1 Å². The highest BCUT2D eigenvalue weighted by Gasteiger charge is 2.32. The number of aromatic nitrogens is 2. The minimum atomic E-state index is -0.405. The maximum absolute atomic E-state index is 11.6. The Morgan fingerprint density at radius 2 is 1.19 bits per heavy atom. The molecule has 2 aliphatic rings. The van der Waals surface area contributed by atoms with Gasteiger partial charge in [-0.2, -0.15) is 0 Å². The van der Waals surface area contributed by atoms with Crippen molar-refractivity contribution in [2.75, 3.05) is 0 Å². The summed E-state index contributed by atoms with van der Waals surface area (Å²) in [5, 5.41) is 27.1. The molecule has 6 aromatic rings. The number of aryl methyl sites for hydroxylation is 2. The van der Waals surface area contributed by atoms with Gasteiger partial charge < -0.3 is 29.7 Å². The van der Waals surface area contributed by atoms with Gasteiger partial charge in [-0.3, -0.25) is 0 Å². The Hall–Kier alpha value is -5.36. The van der Waals surface area contributed by atoms with Crippen LogP contribution in [0.2, 0.25) is 0 Å². The van der Waals surface area contributed by atoms with Gasteiger partial charge in [-0.25, -0.2) is 0 Å². The zero-order valence-corrected chi connectivity index (χ0v) is 31.5. The Morgan fingerprint density at radius 1 is 0.654 bits per heavy atom. The Bertz CT molecular complexity index is 2580. The minimum Gasteiger partial charge on any atom is -0.507 e. The van der Waals surface area contributed by atoms with E-state index in [1.54, 1.807) is 12.1 Å². The second-order valence-electron chi connectivity index (χ2n) is 15.9. The van der Waals surface area contributed by atoms with E-state index >= 15 is 0 Å². The number of ether oxygens (including phenoxy) is 2. The fourth-order valence-electron chi connectivity index (χ4n) is 8.14. The molecule has 4 heterocycles. The average molecular weight is 693 g/mol. The SMILES string of the molecule is CC(C)=CCC[C@]1(C)C=Cc2c(c(C)cc3c2[nH]c2cc(O)c(-c4c(O)ccc5c4[nH]c4c6c(c(C)cc45)O[C@](C)(CCC=C(C)C)C=C6)cc23)O1. The molecule has 8 rings (SSSR count). The van der Waals surface area contributed by atoms with Gasteiger partial charge in [0.1, 0.15) is 34.2 Å². The predicted molar refractivity (Wildman–Crippen MR) is 217 cm³/mol. The number of phenols is 2. The van der Waals surface area contributed by atoms with Gasteiger partial charge in [-0.15, -0.1) is 0 Å². The first kappa shape index (κ1) is 33.8. The van der Waals surface area contributed by atoms with E-state index in [-0.39, 0.29) is 11.5 Å². The van der Waals surface area contributed by atoms with Crippen LogP contribution in [-0.4, -0.2) is 31.4 Å². The molecule has 0 amide bonds. The number of aromatic amines is 2. The third-order valence-corrected chi connectivity index (χ3v) is 10.9. The van der Waals surface area contributed by atoms with Gasteiger partial charge in [0.05, 0.1) is 27.6 Å². The lowest BCUT2D eigenvalue weighted by molar-refractivity contribution is 0.127. The number of benzene rings is 4. The Balaban J connectivity index is 1.24. The zero-order chi connectivity index (χ0) is 36.7. The van der Waals surface area contributed by atoms with Gasteiger partial charge in [0.15, 0.2) is 0 Å². The molecule has 0 fully saturated rings. The summed E-state index contributed by atoms with van der Waals surface area (Å²) >= 11 is 0. The van der Waals surface area contributed by atoms with E-state index in [1.165, 1.54) is 11.1 Å². The number of phenolic OH excluding ortho intramolecular Hbond substituents is 2. The van der Waals surface area contributed by atoms with Crippen LogP contribution in [0.15, 0.2) is 71.8 Å². The van der Waals surface area contributed by atoms with Gasteiger partial charge in [0, 0.05) is 44.3 Å². The Labute approximate surface area is 305 Å². The molecule has 0 radical (unpaired) electrons. The molecule has 2 aromatic heterocycles. The minimum absolute atomic E-state index is 0.0818. The number of fused-ring (bicyclic) bond motifs is 10. The molecule has 6 heteroatoms. The van der Waals surface area contributed by atoms with Crippen LogP contribution < -0.4 is 9.47 Å². The van der Waals surface area contributed by atoms with Gasteiger partial charge in [0.25, 0.3) is 0 Å². The molecule has 266 valence electrons. The van der Waals surface area contributed by atoms with E-state index in [0.29, 0.717) is 11.1 Å². The third kappa shape index (κ3) is 5.56. The number of allylic oxidation sites excluding steroid dienone is 4. The Kier molecular flexibility index (Phi) is 7.87. The van der Waals surface area contributed by atoms with Gasteiger partial charge in [-0.1, -0.05) is 23.3 Å². The summed E-state index contributed by atoms with van der Waals surface area (Å²) < 4.78 is 13.4. The van der Waals surface area contributed by atoms with Gasteiger partial charge >= 0.3 is 0 Å². The molecule has 2 atom stereocenters. The van der Waals surface area contributed by atoms with Crippen molar-refractivity contribution in [3.63, 3.8) is 0 Å². The van der Waals surface area contributed by atoms with Crippen molar-refractivity contribution < 1.29 is 19.7 Å². The number of rotatable bonds is 7. The highest BCUT2D eigenvalue weighted by molar-refractivity contribution is 6.18. The second-order valence-corrected chi connectivity index (χ2v) is 15.9. The molecule has 0 unspecified atom stereocenters. The summed E-state index contributed by atoms with van der Waals surface area (Å²) in [6.07, 6.45) is 16.9. The molecule has 0 spiro atoms. The van der Waals surface area contributed by atoms with E-state index in [2.05, 4.69) is 114 Å². The van der Waals surface area contributed by atoms with Crippen molar-refractivity contribution in [1.82, 2.24) is 9.97 Å². The lowest BCUT2D eigenvalue weighted by atomic mass is 9.92. The molecule has 2 aliphatic heterocycles. The number of hydrogen-bond acceptors (Lipinski definition) is 4. The smallest absolute Gasteiger partial charge is 0.132 e. The zero-order valence-electron chi connectivity index (χ0n) is 31.5.